The average Bonchev–Trinajstić information content (AvgIpc) is 2.68. The number of rotatable bonds is 5. The van der Waals surface area contributed by atoms with E-state index in [0.29, 0.717) is 5.69 Å². The normalized spacial score (nSPS) is 11.6. The Hall–Kier alpha value is -3.45. The van der Waals surface area contributed by atoms with Crippen molar-refractivity contribution in [3.05, 3.63) is 81.4 Å². The Morgan fingerprint density at radius 2 is 1.82 bits per heavy atom. The molecule has 0 spiro atoms. The Balaban J connectivity index is 1.73. The molecular weight excluding hydrogens is 384 g/mol. The third-order valence-electron chi connectivity index (χ3n) is 4.08. The van der Waals surface area contributed by atoms with Gasteiger partial charge in [0.15, 0.2) is 6.10 Å². The summed E-state index contributed by atoms with van der Waals surface area (Å²) in [5.74, 6) is -1.38. The molecule has 1 N–H and O–H groups in total. The second-order valence-corrected chi connectivity index (χ2v) is 6.39. The highest BCUT2D eigenvalue weighted by Gasteiger charge is 2.22. The Labute approximate surface area is 165 Å². The highest BCUT2D eigenvalue weighted by atomic mass is 35.5. The van der Waals surface area contributed by atoms with Gasteiger partial charge in [0.25, 0.3) is 11.6 Å². The van der Waals surface area contributed by atoms with Gasteiger partial charge < -0.3 is 10.1 Å². The molecule has 28 heavy (non-hydrogen) atoms. The summed E-state index contributed by atoms with van der Waals surface area (Å²) < 4.78 is 5.14. The Kier molecular flexibility index (Phi) is 5.56. The summed E-state index contributed by atoms with van der Waals surface area (Å²) in [6.45, 7) is 1.42. The van der Waals surface area contributed by atoms with Gasteiger partial charge in [0.05, 0.1) is 10.5 Å². The fraction of sp³-hybridized carbons (Fsp3) is 0.100. The van der Waals surface area contributed by atoms with Crippen LogP contribution in [0.25, 0.3) is 10.8 Å². The lowest BCUT2D eigenvalue weighted by Crippen LogP contribution is -2.30. The zero-order valence-electron chi connectivity index (χ0n) is 14.7. The van der Waals surface area contributed by atoms with Gasteiger partial charge in [-0.15, -0.1) is 0 Å². The molecule has 0 aromatic heterocycles. The molecule has 1 amide bonds. The molecule has 0 saturated carbocycles. The molecule has 0 aliphatic rings. The molecule has 3 aromatic carbocycles. The molecule has 8 heteroatoms. The molecule has 0 fully saturated rings. The van der Waals surface area contributed by atoms with E-state index in [-0.39, 0.29) is 10.6 Å². The van der Waals surface area contributed by atoms with Gasteiger partial charge >= 0.3 is 5.97 Å². The molecule has 0 bridgehead atoms. The summed E-state index contributed by atoms with van der Waals surface area (Å²) in [4.78, 5) is 34.9. The molecule has 7 nitrogen and oxygen atoms in total. The smallest absolute Gasteiger partial charge is 0.339 e. The van der Waals surface area contributed by atoms with Crippen LogP contribution >= 0.6 is 11.6 Å². The number of amides is 1. The van der Waals surface area contributed by atoms with Crippen LogP contribution in [0.4, 0.5) is 11.4 Å². The number of anilines is 1. The number of fused-ring (bicyclic) bond motifs is 1. The van der Waals surface area contributed by atoms with E-state index in [1.807, 2.05) is 36.4 Å². The third kappa shape index (κ3) is 4.10. The summed E-state index contributed by atoms with van der Waals surface area (Å²) >= 11 is 5.73. The summed E-state index contributed by atoms with van der Waals surface area (Å²) in [6.07, 6.45) is -1.11. The van der Waals surface area contributed by atoms with E-state index in [1.54, 1.807) is 6.07 Å². The van der Waals surface area contributed by atoms with Crippen molar-refractivity contribution in [1.29, 1.82) is 0 Å². The van der Waals surface area contributed by atoms with Gasteiger partial charge in [-0.25, -0.2) is 4.79 Å². The predicted octanol–water partition coefficient (Wildman–Crippen LogP) is 4.59. The maximum absolute atomic E-state index is 12.4. The molecule has 0 heterocycles. The number of nitro groups is 1. The van der Waals surface area contributed by atoms with Gasteiger partial charge in [-0.1, -0.05) is 48.0 Å². The van der Waals surface area contributed by atoms with E-state index < -0.39 is 28.6 Å². The number of benzene rings is 3. The molecule has 0 saturated heterocycles. The van der Waals surface area contributed by atoms with E-state index >= 15 is 0 Å². The molecular formula is C20H15ClN2O5. The first-order chi connectivity index (χ1) is 13.4. The highest BCUT2D eigenvalue weighted by molar-refractivity contribution is 6.32. The average molecular weight is 399 g/mol. The lowest BCUT2D eigenvalue weighted by Gasteiger charge is -2.15. The Morgan fingerprint density at radius 1 is 1.11 bits per heavy atom. The summed E-state index contributed by atoms with van der Waals surface area (Å²) in [6, 6.07) is 16.6. The van der Waals surface area contributed by atoms with Crippen molar-refractivity contribution in [2.24, 2.45) is 0 Å². The largest absolute Gasteiger partial charge is 0.449 e. The van der Waals surface area contributed by atoms with Crippen molar-refractivity contribution in [2.45, 2.75) is 13.0 Å². The minimum atomic E-state index is -1.11. The first kappa shape index (κ1) is 19.3. The number of hydrogen-bond donors (Lipinski definition) is 1. The highest BCUT2D eigenvalue weighted by Crippen LogP contribution is 2.26. The fourth-order valence-corrected chi connectivity index (χ4v) is 2.82. The number of carbonyl (C=O) groups excluding carboxylic acids is 2. The van der Waals surface area contributed by atoms with E-state index in [1.165, 1.54) is 19.1 Å². The van der Waals surface area contributed by atoms with Crippen LogP contribution in [0, 0.1) is 10.1 Å². The van der Waals surface area contributed by atoms with Gasteiger partial charge in [0.2, 0.25) is 0 Å². The van der Waals surface area contributed by atoms with Crippen LogP contribution in [-0.4, -0.2) is 22.9 Å². The minimum absolute atomic E-state index is 0.0686. The number of esters is 1. The topological polar surface area (TPSA) is 98.5 Å². The number of nitrogens with zero attached hydrogens (tertiary/aromatic N) is 1. The second-order valence-electron chi connectivity index (χ2n) is 5.99. The number of ether oxygens (including phenoxy) is 1. The van der Waals surface area contributed by atoms with Crippen LogP contribution < -0.4 is 5.32 Å². The first-order valence-corrected chi connectivity index (χ1v) is 8.68. The van der Waals surface area contributed by atoms with Gasteiger partial charge in [0, 0.05) is 17.1 Å². The van der Waals surface area contributed by atoms with Gasteiger partial charge in [-0.2, -0.15) is 0 Å². The SMILES string of the molecule is C[C@H](OC(=O)c1ccc(Cl)c([N+](=O)[O-])c1)C(=O)Nc1cccc2ccccc12. The van der Waals surface area contributed by atoms with Crippen molar-refractivity contribution in [1.82, 2.24) is 0 Å². The van der Waals surface area contributed by atoms with Crippen LogP contribution in [0.2, 0.25) is 5.02 Å². The lowest BCUT2D eigenvalue weighted by molar-refractivity contribution is -0.384. The van der Waals surface area contributed by atoms with Gasteiger partial charge in [0.1, 0.15) is 5.02 Å². The van der Waals surface area contributed by atoms with Gasteiger partial charge in [-0.05, 0) is 30.5 Å². The van der Waals surface area contributed by atoms with Crippen molar-refractivity contribution in [2.75, 3.05) is 5.32 Å². The van der Waals surface area contributed by atoms with E-state index in [9.17, 15) is 19.7 Å². The monoisotopic (exact) mass is 398 g/mol. The molecule has 0 aliphatic heterocycles. The second kappa shape index (κ2) is 8.06. The zero-order valence-corrected chi connectivity index (χ0v) is 15.5. The fourth-order valence-electron chi connectivity index (χ4n) is 2.63. The van der Waals surface area contributed by atoms with Crippen LogP contribution in [0.3, 0.4) is 0 Å². The maximum Gasteiger partial charge on any atom is 0.339 e. The Morgan fingerprint density at radius 3 is 2.57 bits per heavy atom. The molecule has 3 rings (SSSR count). The molecule has 0 aliphatic carbocycles. The molecule has 0 unspecified atom stereocenters. The van der Waals surface area contributed by atoms with Crippen LogP contribution in [0.15, 0.2) is 60.7 Å². The summed E-state index contributed by atoms with van der Waals surface area (Å²) in [5, 5.41) is 15.4. The number of nitrogens with one attached hydrogen (secondary N) is 1. The standard InChI is InChI=1S/C20H15ClN2O5/c1-12(28-20(25)14-9-10-16(21)18(11-14)23(26)27)19(24)22-17-8-4-6-13-5-2-3-7-15(13)17/h2-12H,1H3,(H,22,24)/t12-/m0/s1. The zero-order chi connectivity index (χ0) is 20.3. The third-order valence-corrected chi connectivity index (χ3v) is 4.40. The Bertz CT molecular complexity index is 1080. The maximum atomic E-state index is 12.4. The van der Waals surface area contributed by atoms with Gasteiger partial charge in [-0.3, -0.25) is 14.9 Å². The van der Waals surface area contributed by atoms with E-state index in [0.717, 1.165) is 16.8 Å². The van der Waals surface area contributed by atoms with Crippen molar-refractivity contribution >= 4 is 45.6 Å². The predicted molar refractivity (Wildman–Crippen MR) is 106 cm³/mol. The van der Waals surface area contributed by atoms with Crippen molar-refractivity contribution in [3.8, 4) is 0 Å². The number of nitro benzene ring substituents is 1. The van der Waals surface area contributed by atoms with Crippen LogP contribution in [-0.2, 0) is 9.53 Å². The lowest BCUT2D eigenvalue weighted by atomic mass is 10.1. The summed E-state index contributed by atoms with van der Waals surface area (Å²) in [5.41, 5.74) is 0.109. The van der Waals surface area contributed by atoms with E-state index in [4.69, 9.17) is 16.3 Å². The molecule has 1 atom stereocenters. The molecule has 3 aromatic rings. The number of halogens is 1. The molecule has 0 radical (unpaired) electrons. The molecule has 142 valence electrons. The van der Waals surface area contributed by atoms with E-state index in [2.05, 4.69) is 5.32 Å². The van der Waals surface area contributed by atoms with Crippen LogP contribution in [0.1, 0.15) is 17.3 Å². The van der Waals surface area contributed by atoms with Crippen molar-refractivity contribution in [3.63, 3.8) is 0 Å². The number of hydrogen-bond acceptors (Lipinski definition) is 5. The summed E-state index contributed by atoms with van der Waals surface area (Å²) in [7, 11) is 0. The minimum Gasteiger partial charge on any atom is -0.449 e. The first-order valence-electron chi connectivity index (χ1n) is 8.30. The van der Waals surface area contributed by atoms with Crippen LogP contribution in [0.5, 0.6) is 0 Å². The number of carbonyl (C=O) groups is 2. The van der Waals surface area contributed by atoms with Crippen molar-refractivity contribution < 1.29 is 19.2 Å². The quantitative estimate of drug-likeness (QED) is 0.385.